The van der Waals surface area contributed by atoms with E-state index in [4.69, 9.17) is 11.6 Å². The van der Waals surface area contributed by atoms with Gasteiger partial charge >= 0.3 is 0 Å². The van der Waals surface area contributed by atoms with Crippen LogP contribution in [-0.2, 0) is 0 Å². The number of hydrogen-bond acceptors (Lipinski definition) is 4. The number of rotatable bonds is 1. The third kappa shape index (κ3) is 1.56. The van der Waals surface area contributed by atoms with Crippen LogP contribution in [-0.4, -0.2) is 33.3 Å². The highest BCUT2D eigenvalue weighted by Crippen LogP contribution is 2.31. The molecule has 2 N–H and O–H groups in total. The van der Waals surface area contributed by atoms with E-state index in [-0.39, 0.29) is 0 Å². The van der Waals surface area contributed by atoms with E-state index in [0.717, 1.165) is 42.7 Å². The van der Waals surface area contributed by atoms with Gasteiger partial charge in [0.15, 0.2) is 5.65 Å². The Morgan fingerprint density at radius 3 is 2.88 bits per heavy atom. The van der Waals surface area contributed by atoms with E-state index in [1.54, 1.807) is 0 Å². The summed E-state index contributed by atoms with van der Waals surface area (Å²) in [4.78, 5) is 8.14. The third-order valence-electron chi connectivity index (χ3n) is 3.07. The average molecular weight is 238 g/mol. The predicted molar refractivity (Wildman–Crippen MR) is 61.5 cm³/mol. The molecule has 0 spiro atoms. The summed E-state index contributed by atoms with van der Waals surface area (Å²) in [7, 11) is 0. The fourth-order valence-electron chi connectivity index (χ4n) is 2.24. The Kier molecular flexibility index (Phi) is 2.49. The maximum absolute atomic E-state index is 6.10. The normalized spacial score (nSPS) is 18.1. The van der Waals surface area contributed by atoms with E-state index in [0.29, 0.717) is 11.1 Å². The molecule has 1 fully saturated rings. The number of hydrogen-bond donors (Lipinski definition) is 2. The maximum Gasteiger partial charge on any atom is 0.160 e. The van der Waals surface area contributed by atoms with Crippen LogP contribution in [0.2, 0.25) is 5.15 Å². The topological polar surface area (TPSA) is 66.5 Å². The van der Waals surface area contributed by atoms with E-state index in [1.807, 2.05) is 0 Å². The van der Waals surface area contributed by atoms with Crippen molar-refractivity contribution in [2.24, 2.45) is 0 Å². The fraction of sp³-hybridized carbons (Fsp3) is 0.500. The predicted octanol–water partition coefficient (Wildman–Crippen LogP) is 1.47. The highest BCUT2D eigenvalue weighted by Gasteiger charge is 2.22. The molecule has 16 heavy (non-hydrogen) atoms. The first-order valence-corrected chi connectivity index (χ1v) is 5.79. The smallest absolute Gasteiger partial charge is 0.160 e. The third-order valence-corrected chi connectivity index (χ3v) is 3.35. The van der Waals surface area contributed by atoms with Gasteiger partial charge in [0.25, 0.3) is 0 Å². The molecule has 3 heterocycles. The van der Waals surface area contributed by atoms with Crippen LogP contribution < -0.4 is 5.32 Å². The minimum Gasteiger partial charge on any atom is -0.317 e. The largest absolute Gasteiger partial charge is 0.317 e. The first kappa shape index (κ1) is 9.99. The van der Waals surface area contributed by atoms with Crippen molar-refractivity contribution in [3.8, 4) is 0 Å². The molecule has 0 radical (unpaired) electrons. The molecule has 0 unspecified atom stereocenters. The number of H-pyrrole nitrogens is 1. The molecule has 1 aliphatic heterocycles. The Morgan fingerprint density at radius 2 is 2.06 bits per heavy atom. The molecule has 1 aliphatic rings. The molecule has 0 amide bonds. The minimum atomic E-state index is 0.457. The van der Waals surface area contributed by atoms with E-state index in [2.05, 4.69) is 25.5 Å². The summed E-state index contributed by atoms with van der Waals surface area (Å²) in [6.07, 6.45) is 3.63. The lowest BCUT2D eigenvalue weighted by Crippen LogP contribution is -2.26. The van der Waals surface area contributed by atoms with Crippen LogP contribution in [0, 0.1) is 0 Å². The lowest BCUT2D eigenvalue weighted by Gasteiger charge is -2.20. The molecule has 3 rings (SSSR count). The van der Waals surface area contributed by atoms with Crippen LogP contribution in [0.1, 0.15) is 24.5 Å². The van der Waals surface area contributed by atoms with Crippen molar-refractivity contribution in [1.82, 2.24) is 25.5 Å². The number of nitrogens with one attached hydrogen (secondary N) is 2. The Hall–Kier alpha value is -1.20. The zero-order valence-corrected chi connectivity index (χ0v) is 9.46. The van der Waals surface area contributed by atoms with Gasteiger partial charge in [0.2, 0.25) is 0 Å². The molecular weight excluding hydrogens is 226 g/mol. The first-order chi connectivity index (χ1) is 7.86. The highest BCUT2D eigenvalue weighted by molar-refractivity contribution is 6.34. The van der Waals surface area contributed by atoms with Crippen molar-refractivity contribution in [2.75, 3.05) is 13.1 Å². The molecule has 0 bridgehead atoms. The van der Waals surface area contributed by atoms with Gasteiger partial charge in [-0.05, 0) is 25.9 Å². The van der Waals surface area contributed by atoms with Crippen LogP contribution in [0.25, 0.3) is 11.0 Å². The van der Waals surface area contributed by atoms with Gasteiger partial charge < -0.3 is 5.32 Å². The van der Waals surface area contributed by atoms with Gasteiger partial charge in [0.05, 0.1) is 11.1 Å². The van der Waals surface area contributed by atoms with Crippen LogP contribution in [0.15, 0.2) is 6.33 Å². The quantitative estimate of drug-likeness (QED) is 0.738. The van der Waals surface area contributed by atoms with Crippen molar-refractivity contribution in [1.29, 1.82) is 0 Å². The lowest BCUT2D eigenvalue weighted by atomic mass is 9.93. The maximum atomic E-state index is 6.10. The summed E-state index contributed by atoms with van der Waals surface area (Å²) >= 11 is 6.10. The van der Waals surface area contributed by atoms with Crippen molar-refractivity contribution < 1.29 is 0 Å². The summed E-state index contributed by atoms with van der Waals surface area (Å²) in [5.74, 6) is 0.457. The number of aromatic amines is 1. The summed E-state index contributed by atoms with van der Waals surface area (Å²) in [6, 6.07) is 0. The molecule has 5 nitrogen and oxygen atoms in total. The molecule has 6 heteroatoms. The molecule has 0 atom stereocenters. The Bertz CT molecular complexity index is 503. The second-order valence-corrected chi connectivity index (χ2v) is 4.38. The van der Waals surface area contributed by atoms with Crippen molar-refractivity contribution in [3.05, 3.63) is 17.2 Å². The summed E-state index contributed by atoms with van der Waals surface area (Å²) in [5, 5.41) is 12.0. The number of nitrogens with zero attached hydrogens (tertiary/aromatic N) is 3. The van der Waals surface area contributed by atoms with Gasteiger partial charge in [-0.15, -0.1) is 0 Å². The summed E-state index contributed by atoms with van der Waals surface area (Å²) in [5.41, 5.74) is 1.75. The summed E-state index contributed by atoms with van der Waals surface area (Å²) < 4.78 is 0. The van der Waals surface area contributed by atoms with Crippen LogP contribution >= 0.6 is 11.6 Å². The minimum absolute atomic E-state index is 0.457. The Labute approximate surface area is 97.6 Å². The molecule has 0 aliphatic carbocycles. The van der Waals surface area contributed by atoms with Gasteiger partial charge in [-0.2, -0.15) is 5.10 Å². The number of piperidine rings is 1. The second kappa shape index (κ2) is 3.99. The van der Waals surface area contributed by atoms with Crippen LogP contribution in [0.5, 0.6) is 0 Å². The van der Waals surface area contributed by atoms with E-state index in [9.17, 15) is 0 Å². The number of aromatic nitrogens is 4. The van der Waals surface area contributed by atoms with Gasteiger partial charge in [-0.25, -0.2) is 9.97 Å². The second-order valence-electron chi connectivity index (χ2n) is 4.02. The van der Waals surface area contributed by atoms with Crippen LogP contribution in [0.4, 0.5) is 0 Å². The highest BCUT2D eigenvalue weighted by atomic mass is 35.5. The average Bonchev–Trinajstić information content (AvgIpc) is 2.75. The molecule has 0 aromatic carbocycles. The first-order valence-electron chi connectivity index (χ1n) is 5.41. The van der Waals surface area contributed by atoms with Gasteiger partial charge in [0.1, 0.15) is 11.5 Å². The summed E-state index contributed by atoms with van der Waals surface area (Å²) in [6.45, 7) is 2.06. The van der Waals surface area contributed by atoms with Gasteiger partial charge in [-0.1, -0.05) is 11.6 Å². The zero-order valence-electron chi connectivity index (χ0n) is 8.70. The molecule has 84 valence electrons. The van der Waals surface area contributed by atoms with Gasteiger partial charge in [-0.3, -0.25) is 5.10 Å². The van der Waals surface area contributed by atoms with Crippen molar-refractivity contribution in [3.63, 3.8) is 0 Å². The molecule has 1 saturated heterocycles. The molecule has 2 aromatic heterocycles. The number of fused-ring (bicyclic) bond motifs is 1. The van der Waals surface area contributed by atoms with Crippen LogP contribution in [0.3, 0.4) is 0 Å². The van der Waals surface area contributed by atoms with E-state index >= 15 is 0 Å². The Morgan fingerprint density at radius 1 is 1.25 bits per heavy atom. The molecular formula is C10H12ClN5. The van der Waals surface area contributed by atoms with Crippen molar-refractivity contribution >= 4 is 22.6 Å². The fourth-order valence-corrected chi connectivity index (χ4v) is 2.47. The molecule has 0 saturated carbocycles. The van der Waals surface area contributed by atoms with Gasteiger partial charge in [0, 0.05) is 5.92 Å². The molecule has 2 aromatic rings. The lowest BCUT2D eigenvalue weighted by molar-refractivity contribution is 0.454. The zero-order chi connectivity index (χ0) is 11.0. The SMILES string of the molecule is Clc1ncnc2[nH]nc(C3CCNCC3)c12. The monoisotopic (exact) mass is 237 g/mol. The van der Waals surface area contributed by atoms with E-state index < -0.39 is 0 Å². The number of halogens is 1. The van der Waals surface area contributed by atoms with Crippen molar-refractivity contribution in [2.45, 2.75) is 18.8 Å². The Balaban J connectivity index is 2.09. The standard InChI is InChI=1S/C10H12ClN5/c11-9-7-8(6-1-3-12-4-2-6)15-16-10(7)14-5-13-9/h5-6,12H,1-4H2,(H,13,14,15,16). The van der Waals surface area contributed by atoms with E-state index in [1.165, 1.54) is 6.33 Å².